The predicted molar refractivity (Wildman–Crippen MR) is 91.9 cm³/mol. The lowest BCUT2D eigenvalue weighted by atomic mass is 9.99. The van der Waals surface area contributed by atoms with Crippen molar-refractivity contribution in [2.24, 2.45) is 0 Å². The molecule has 7 nitrogen and oxygen atoms in total. The summed E-state index contributed by atoms with van der Waals surface area (Å²) in [5, 5.41) is 13.1. The van der Waals surface area contributed by atoms with Gasteiger partial charge < -0.3 is 9.64 Å². The van der Waals surface area contributed by atoms with Crippen LogP contribution < -0.4 is 0 Å². The third-order valence-corrected chi connectivity index (χ3v) is 5.33. The highest BCUT2D eigenvalue weighted by Crippen LogP contribution is 2.34. The molecule has 0 saturated carbocycles. The average molecular weight is 360 g/mol. The second-order valence-corrected chi connectivity index (χ2v) is 6.74. The van der Waals surface area contributed by atoms with E-state index in [0.717, 1.165) is 18.1 Å². The number of amides is 1. The highest BCUT2D eigenvalue weighted by molar-refractivity contribution is 7.10. The van der Waals surface area contributed by atoms with Gasteiger partial charge in [-0.05, 0) is 36.4 Å². The van der Waals surface area contributed by atoms with Gasteiger partial charge in [0.25, 0.3) is 11.6 Å². The normalized spacial score (nSPS) is 16.2. The highest BCUT2D eigenvalue weighted by atomic mass is 32.1. The van der Waals surface area contributed by atoms with Gasteiger partial charge in [-0.3, -0.25) is 14.9 Å². The average Bonchev–Trinajstić information content (AvgIpc) is 3.10. The Morgan fingerprint density at radius 1 is 1.32 bits per heavy atom. The van der Waals surface area contributed by atoms with Crippen molar-refractivity contribution in [2.45, 2.75) is 19.4 Å². The molecule has 0 fully saturated rings. The summed E-state index contributed by atoms with van der Waals surface area (Å²) in [6.45, 7) is 2.46. The van der Waals surface area contributed by atoms with E-state index in [9.17, 15) is 19.7 Å². The fourth-order valence-corrected chi connectivity index (χ4v) is 3.99. The number of nitro groups is 1. The van der Waals surface area contributed by atoms with Gasteiger partial charge in [-0.2, -0.15) is 0 Å². The summed E-state index contributed by atoms with van der Waals surface area (Å²) in [5.74, 6) is -1.05. The minimum absolute atomic E-state index is 0.0130. The molecule has 0 radical (unpaired) electrons. The van der Waals surface area contributed by atoms with Crippen LogP contribution in [0.5, 0.6) is 0 Å². The number of non-ortho nitro benzene ring substituents is 1. The van der Waals surface area contributed by atoms with Crippen LogP contribution in [0.2, 0.25) is 0 Å². The highest BCUT2D eigenvalue weighted by Gasteiger charge is 2.30. The number of nitrogens with zero attached hydrogens (tertiary/aromatic N) is 2. The molecule has 0 bridgehead atoms. The van der Waals surface area contributed by atoms with E-state index in [2.05, 4.69) is 4.74 Å². The molecule has 0 saturated heterocycles. The van der Waals surface area contributed by atoms with Crippen molar-refractivity contribution < 1.29 is 19.2 Å². The maximum Gasteiger partial charge on any atom is 0.338 e. The van der Waals surface area contributed by atoms with Gasteiger partial charge in [-0.1, -0.05) is 0 Å². The zero-order valence-electron chi connectivity index (χ0n) is 13.7. The fourth-order valence-electron chi connectivity index (χ4n) is 3.03. The van der Waals surface area contributed by atoms with Crippen molar-refractivity contribution in [1.82, 2.24) is 4.90 Å². The molecular formula is C17H16N2O5S. The number of rotatable bonds is 3. The standard InChI is InChI=1S/C17H16N2O5S/c1-10-14-4-6-25-15(14)3-5-18(10)16(20)11-7-12(17(21)24-2)9-13(8-11)19(22)23/h4,6-10H,3,5H2,1-2H3/t10-/m1/s1. The zero-order chi connectivity index (χ0) is 18.1. The molecule has 8 heteroatoms. The topological polar surface area (TPSA) is 89.8 Å². The number of nitro benzene ring substituents is 1. The van der Waals surface area contributed by atoms with Gasteiger partial charge in [0.1, 0.15) is 0 Å². The molecule has 1 aliphatic rings. The first-order valence-electron chi connectivity index (χ1n) is 7.67. The monoisotopic (exact) mass is 360 g/mol. The predicted octanol–water partition coefficient (Wildman–Crippen LogP) is 3.20. The number of methoxy groups -OCH3 is 1. The van der Waals surface area contributed by atoms with Crippen molar-refractivity contribution in [1.29, 1.82) is 0 Å². The number of benzene rings is 1. The number of ether oxygens (including phenoxy) is 1. The van der Waals surface area contributed by atoms with Gasteiger partial charge in [0.05, 0.1) is 23.6 Å². The summed E-state index contributed by atoms with van der Waals surface area (Å²) in [4.78, 5) is 38.1. The molecule has 2 heterocycles. The second-order valence-electron chi connectivity index (χ2n) is 5.74. The Labute approximate surface area is 148 Å². The quantitative estimate of drug-likeness (QED) is 0.476. The molecule has 1 atom stereocenters. The zero-order valence-corrected chi connectivity index (χ0v) is 14.5. The van der Waals surface area contributed by atoms with E-state index in [1.165, 1.54) is 24.1 Å². The Kier molecular flexibility index (Phi) is 4.54. The lowest BCUT2D eigenvalue weighted by Crippen LogP contribution is -2.38. The smallest absolute Gasteiger partial charge is 0.338 e. The Bertz CT molecular complexity index is 860. The van der Waals surface area contributed by atoms with Crippen LogP contribution in [0.4, 0.5) is 5.69 Å². The van der Waals surface area contributed by atoms with Crippen molar-refractivity contribution >= 4 is 28.9 Å². The van der Waals surface area contributed by atoms with Crippen LogP contribution in [0.25, 0.3) is 0 Å². The lowest BCUT2D eigenvalue weighted by molar-refractivity contribution is -0.384. The molecule has 1 aromatic heterocycles. The maximum absolute atomic E-state index is 12.9. The van der Waals surface area contributed by atoms with Crippen LogP contribution in [0.15, 0.2) is 29.6 Å². The van der Waals surface area contributed by atoms with Gasteiger partial charge in [0.2, 0.25) is 0 Å². The number of thiophene rings is 1. The Morgan fingerprint density at radius 2 is 2.04 bits per heavy atom. The Morgan fingerprint density at radius 3 is 2.72 bits per heavy atom. The first-order valence-corrected chi connectivity index (χ1v) is 8.55. The molecule has 1 amide bonds. The minimum atomic E-state index is -0.718. The summed E-state index contributed by atoms with van der Waals surface area (Å²) in [7, 11) is 1.19. The number of carbonyl (C=O) groups is 2. The molecule has 0 aliphatic carbocycles. The minimum Gasteiger partial charge on any atom is -0.465 e. The van der Waals surface area contributed by atoms with E-state index >= 15 is 0 Å². The van der Waals surface area contributed by atoms with E-state index in [1.54, 1.807) is 16.2 Å². The molecule has 0 unspecified atom stereocenters. The van der Waals surface area contributed by atoms with Gasteiger partial charge >= 0.3 is 5.97 Å². The molecule has 25 heavy (non-hydrogen) atoms. The molecule has 0 N–H and O–H groups in total. The number of fused-ring (bicyclic) bond motifs is 1. The molecule has 0 spiro atoms. The van der Waals surface area contributed by atoms with E-state index in [0.29, 0.717) is 6.54 Å². The lowest BCUT2D eigenvalue weighted by Gasteiger charge is -2.33. The second kappa shape index (κ2) is 6.64. The third kappa shape index (κ3) is 3.12. The molecule has 3 rings (SSSR count). The molecular weight excluding hydrogens is 344 g/mol. The van der Waals surface area contributed by atoms with Gasteiger partial charge in [-0.15, -0.1) is 11.3 Å². The van der Waals surface area contributed by atoms with Crippen LogP contribution in [0.1, 0.15) is 44.1 Å². The SMILES string of the molecule is COC(=O)c1cc(C(=O)N2CCc3sccc3[C@H]2C)cc([N+](=O)[O-])c1. The van der Waals surface area contributed by atoms with Crippen LogP contribution in [-0.2, 0) is 11.2 Å². The van der Waals surface area contributed by atoms with Crippen LogP contribution in [-0.4, -0.2) is 35.4 Å². The van der Waals surface area contributed by atoms with E-state index in [1.807, 2.05) is 18.4 Å². The van der Waals surface area contributed by atoms with E-state index < -0.39 is 10.9 Å². The summed E-state index contributed by atoms with van der Waals surface area (Å²) in [6.07, 6.45) is 0.752. The summed E-state index contributed by atoms with van der Waals surface area (Å²) in [5.41, 5.74) is 0.886. The van der Waals surface area contributed by atoms with Crippen molar-refractivity contribution in [2.75, 3.05) is 13.7 Å². The van der Waals surface area contributed by atoms with E-state index in [4.69, 9.17) is 0 Å². The van der Waals surface area contributed by atoms with Gasteiger partial charge in [0, 0.05) is 29.1 Å². The van der Waals surface area contributed by atoms with Gasteiger partial charge in [0.15, 0.2) is 0 Å². The molecule has 130 valence electrons. The number of hydrogen-bond donors (Lipinski definition) is 0. The summed E-state index contributed by atoms with van der Waals surface area (Å²) >= 11 is 1.67. The van der Waals surface area contributed by atoms with Crippen molar-refractivity contribution in [3.63, 3.8) is 0 Å². The molecule has 2 aromatic rings. The van der Waals surface area contributed by atoms with Crippen LogP contribution in [0.3, 0.4) is 0 Å². The Balaban J connectivity index is 1.98. The summed E-state index contributed by atoms with van der Waals surface area (Å²) in [6, 6.07) is 5.53. The Hall–Kier alpha value is -2.74. The number of esters is 1. The van der Waals surface area contributed by atoms with Crippen molar-refractivity contribution in [3.05, 3.63) is 61.3 Å². The fraction of sp³-hybridized carbons (Fsp3) is 0.294. The largest absolute Gasteiger partial charge is 0.465 e. The summed E-state index contributed by atoms with van der Waals surface area (Å²) < 4.78 is 4.62. The first kappa shape index (κ1) is 17.1. The van der Waals surface area contributed by atoms with Crippen molar-refractivity contribution in [3.8, 4) is 0 Å². The first-order chi connectivity index (χ1) is 11.9. The number of hydrogen-bond acceptors (Lipinski definition) is 6. The molecule has 1 aliphatic heterocycles. The van der Waals surface area contributed by atoms with E-state index in [-0.39, 0.29) is 28.8 Å². The van der Waals surface area contributed by atoms with Gasteiger partial charge in [-0.25, -0.2) is 4.79 Å². The molecule has 1 aromatic carbocycles. The number of carbonyl (C=O) groups excluding carboxylic acids is 2. The maximum atomic E-state index is 12.9. The van der Waals surface area contributed by atoms with Crippen LogP contribution in [0, 0.1) is 10.1 Å². The van der Waals surface area contributed by atoms with Crippen LogP contribution >= 0.6 is 11.3 Å². The third-order valence-electron chi connectivity index (χ3n) is 4.33.